The number of anilines is 1. The van der Waals surface area contributed by atoms with E-state index in [0.29, 0.717) is 13.1 Å². The number of thiophene rings is 1. The fraction of sp³-hybridized carbons (Fsp3) is 0.500. The van der Waals surface area contributed by atoms with E-state index in [-0.39, 0.29) is 11.9 Å². The van der Waals surface area contributed by atoms with E-state index in [1.807, 2.05) is 11.4 Å². The first kappa shape index (κ1) is 14.2. The van der Waals surface area contributed by atoms with Gasteiger partial charge in [0.25, 0.3) is 0 Å². The number of nitrogens with one attached hydrogen (secondary N) is 1. The topological polar surface area (TPSA) is 84.1 Å². The summed E-state index contributed by atoms with van der Waals surface area (Å²) in [5, 5.41) is 6.01. The lowest BCUT2D eigenvalue weighted by atomic mass is 10.2. The molecule has 1 unspecified atom stereocenters. The summed E-state index contributed by atoms with van der Waals surface area (Å²) in [4.78, 5) is 24.1. The minimum Gasteiger partial charge on any atom is -0.354 e. The van der Waals surface area contributed by atoms with Crippen molar-refractivity contribution in [1.29, 1.82) is 0 Å². The Hall–Kier alpha value is -1.73. The molecular formula is C14H19N5OS. The van der Waals surface area contributed by atoms with Gasteiger partial charge < -0.3 is 16.0 Å². The molecule has 1 aliphatic heterocycles. The Bertz CT molecular complexity index is 629. The highest BCUT2D eigenvalue weighted by molar-refractivity contribution is 7.16. The first-order valence-electron chi connectivity index (χ1n) is 7.24. The van der Waals surface area contributed by atoms with Crippen LogP contribution < -0.4 is 16.0 Å². The van der Waals surface area contributed by atoms with Crippen LogP contribution in [0.5, 0.6) is 0 Å². The molecule has 1 fully saturated rings. The molecule has 7 heteroatoms. The number of carbonyl (C=O) groups is 1. The molecular weight excluding hydrogens is 286 g/mol. The van der Waals surface area contributed by atoms with E-state index in [9.17, 15) is 4.79 Å². The lowest BCUT2D eigenvalue weighted by Crippen LogP contribution is -2.44. The van der Waals surface area contributed by atoms with E-state index in [1.165, 1.54) is 0 Å². The molecule has 2 aromatic rings. The van der Waals surface area contributed by atoms with Crippen molar-refractivity contribution in [3.05, 3.63) is 17.8 Å². The summed E-state index contributed by atoms with van der Waals surface area (Å²) >= 11 is 1.59. The van der Waals surface area contributed by atoms with Crippen molar-refractivity contribution < 1.29 is 4.79 Å². The third kappa shape index (κ3) is 2.84. The summed E-state index contributed by atoms with van der Waals surface area (Å²) in [7, 11) is 0. The van der Waals surface area contributed by atoms with E-state index < -0.39 is 0 Å². The molecule has 1 aliphatic rings. The molecule has 0 saturated carbocycles. The molecule has 1 atom stereocenters. The number of hydrogen-bond acceptors (Lipinski definition) is 6. The van der Waals surface area contributed by atoms with Gasteiger partial charge in [0.1, 0.15) is 23.0 Å². The van der Waals surface area contributed by atoms with Gasteiger partial charge in [0.15, 0.2) is 0 Å². The highest BCUT2D eigenvalue weighted by Gasteiger charge is 2.32. The van der Waals surface area contributed by atoms with Crippen LogP contribution in [0.4, 0.5) is 5.82 Å². The van der Waals surface area contributed by atoms with Crippen LogP contribution in [0.15, 0.2) is 17.8 Å². The van der Waals surface area contributed by atoms with Crippen LogP contribution in [-0.2, 0) is 4.79 Å². The van der Waals surface area contributed by atoms with Crippen LogP contribution >= 0.6 is 11.3 Å². The van der Waals surface area contributed by atoms with Crippen molar-refractivity contribution in [3.63, 3.8) is 0 Å². The Morgan fingerprint density at radius 3 is 3.29 bits per heavy atom. The van der Waals surface area contributed by atoms with Crippen molar-refractivity contribution in [1.82, 2.24) is 15.3 Å². The van der Waals surface area contributed by atoms with Gasteiger partial charge in [0.2, 0.25) is 5.91 Å². The fourth-order valence-corrected chi connectivity index (χ4v) is 3.46. The Labute approximate surface area is 127 Å². The van der Waals surface area contributed by atoms with Crippen molar-refractivity contribution in [2.24, 2.45) is 5.73 Å². The second-order valence-corrected chi connectivity index (χ2v) is 6.02. The average molecular weight is 305 g/mol. The van der Waals surface area contributed by atoms with Crippen LogP contribution in [0, 0.1) is 0 Å². The summed E-state index contributed by atoms with van der Waals surface area (Å²) in [6.45, 7) is 2.09. The van der Waals surface area contributed by atoms with Gasteiger partial charge in [-0.25, -0.2) is 9.97 Å². The van der Waals surface area contributed by atoms with Gasteiger partial charge in [-0.1, -0.05) is 0 Å². The zero-order valence-corrected chi connectivity index (χ0v) is 12.6. The van der Waals surface area contributed by atoms with Gasteiger partial charge in [-0.05, 0) is 37.3 Å². The molecule has 0 radical (unpaired) electrons. The molecule has 0 aromatic carbocycles. The molecule has 0 bridgehead atoms. The van der Waals surface area contributed by atoms with Gasteiger partial charge in [-0.3, -0.25) is 4.79 Å². The Morgan fingerprint density at radius 2 is 2.43 bits per heavy atom. The normalized spacial score (nSPS) is 18.3. The third-order valence-electron chi connectivity index (χ3n) is 3.75. The molecule has 3 rings (SSSR count). The van der Waals surface area contributed by atoms with Gasteiger partial charge in [0, 0.05) is 13.1 Å². The summed E-state index contributed by atoms with van der Waals surface area (Å²) < 4.78 is 0. The quantitative estimate of drug-likeness (QED) is 0.809. The molecule has 1 saturated heterocycles. The first-order valence-corrected chi connectivity index (χ1v) is 8.12. The lowest BCUT2D eigenvalue weighted by Gasteiger charge is -2.25. The maximum Gasteiger partial charge on any atom is 0.242 e. The zero-order chi connectivity index (χ0) is 14.7. The third-order valence-corrected chi connectivity index (χ3v) is 4.57. The number of nitrogens with zero attached hydrogens (tertiary/aromatic N) is 3. The number of amides is 1. The lowest BCUT2D eigenvalue weighted by molar-refractivity contribution is -0.122. The van der Waals surface area contributed by atoms with Gasteiger partial charge in [-0.15, -0.1) is 11.3 Å². The number of nitrogens with two attached hydrogens (primary N) is 1. The van der Waals surface area contributed by atoms with Gasteiger partial charge in [-0.2, -0.15) is 0 Å². The van der Waals surface area contributed by atoms with E-state index in [4.69, 9.17) is 5.73 Å². The maximum absolute atomic E-state index is 12.3. The maximum atomic E-state index is 12.3. The minimum atomic E-state index is -0.138. The van der Waals surface area contributed by atoms with E-state index in [2.05, 4.69) is 20.2 Å². The average Bonchev–Trinajstić information content (AvgIpc) is 3.15. The predicted octanol–water partition coefficient (Wildman–Crippen LogP) is 1.13. The Morgan fingerprint density at radius 1 is 1.52 bits per heavy atom. The molecule has 1 amide bonds. The number of aromatic nitrogens is 2. The second-order valence-electron chi connectivity index (χ2n) is 5.12. The largest absolute Gasteiger partial charge is 0.354 e. The Kier molecular flexibility index (Phi) is 4.31. The van der Waals surface area contributed by atoms with Crippen molar-refractivity contribution in [2.75, 3.05) is 24.5 Å². The van der Waals surface area contributed by atoms with Crippen molar-refractivity contribution >= 4 is 33.3 Å². The summed E-state index contributed by atoms with van der Waals surface area (Å²) in [6, 6.07) is 1.89. The molecule has 3 heterocycles. The number of hydrogen-bond donors (Lipinski definition) is 2. The molecule has 21 heavy (non-hydrogen) atoms. The monoisotopic (exact) mass is 305 g/mol. The van der Waals surface area contributed by atoms with Crippen LogP contribution in [0.3, 0.4) is 0 Å². The van der Waals surface area contributed by atoms with Crippen molar-refractivity contribution in [3.8, 4) is 0 Å². The second kappa shape index (κ2) is 6.36. The van der Waals surface area contributed by atoms with Gasteiger partial charge in [0.05, 0.1) is 5.39 Å². The van der Waals surface area contributed by atoms with Crippen LogP contribution in [0.1, 0.15) is 19.3 Å². The fourth-order valence-electron chi connectivity index (χ4n) is 2.73. The number of rotatable bonds is 5. The van der Waals surface area contributed by atoms with E-state index >= 15 is 0 Å². The molecule has 6 nitrogen and oxygen atoms in total. The minimum absolute atomic E-state index is 0.0722. The first-order chi connectivity index (χ1) is 10.3. The summed E-state index contributed by atoms with van der Waals surface area (Å²) in [5.74, 6) is 0.945. The number of fused-ring (bicyclic) bond motifs is 1. The van der Waals surface area contributed by atoms with Gasteiger partial charge >= 0.3 is 0 Å². The highest BCUT2D eigenvalue weighted by atomic mass is 32.1. The molecule has 0 aliphatic carbocycles. The van der Waals surface area contributed by atoms with E-state index in [0.717, 1.165) is 41.8 Å². The predicted molar refractivity (Wildman–Crippen MR) is 84.5 cm³/mol. The Balaban J connectivity index is 1.80. The molecule has 2 aromatic heterocycles. The zero-order valence-electron chi connectivity index (χ0n) is 11.8. The molecule has 0 spiro atoms. The molecule has 3 N–H and O–H groups in total. The highest BCUT2D eigenvalue weighted by Crippen LogP contribution is 2.31. The SMILES string of the molecule is NCCCNC(=O)C1CCCN1c1ncnc2sccc12. The summed E-state index contributed by atoms with van der Waals surface area (Å²) in [6.07, 6.45) is 4.26. The standard InChI is InChI=1S/C14H19N5OS/c15-5-2-6-16-13(20)11-3-1-7-19(11)12-10-4-8-21-14(10)18-9-17-12/h4,8-9,11H,1-3,5-7,15H2,(H,16,20). The van der Waals surface area contributed by atoms with Crippen LogP contribution in [0.25, 0.3) is 10.2 Å². The number of carbonyl (C=O) groups excluding carboxylic acids is 1. The van der Waals surface area contributed by atoms with Crippen molar-refractivity contribution in [2.45, 2.75) is 25.3 Å². The smallest absolute Gasteiger partial charge is 0.242 e. The summed E-state index contributed by atoms with van der Waals surface area (Å²) in [5.41, 5.74) is 5.46. The molecule has 112 valence electrons. The van der Waals surface area contributed by atoms with Crippen LogP contribution in [-0.4, -0.2) is 41.6 Å². The van der Waals surface area contributed by atoms with E-state index in [1.54, 1.807) is 17.7 Å². The van der Waals surface area contributed by atoms with Crippen LogP contribution in [0.2, 0.25) is 0 Å².